The van der Waals surface area contributed by atoms with Crippen LogP contribution in [0, 0.1) is 5.92 Å². The smallest absolute Gasteiger partial charge is 0.414 e. The average Bonchev–Trinajstić information content (AvgIpc) is 3.00. The molecule has 8 nitrogen and oxygen atoms in total. The maximum absolute atomic E-state index is 12.0. The number of hydrogen-bond acceptors (Lipinski definition) is 6. The van der Waals surface area contributed by atoms with Gasteiger partial charge in [-0.1, -0.05) is 48.5 Å². The van der Waals surface area contributed by atoms with E-state index in [1.807, 2.05) is 19.1 Å². The highest BCUT2D eigenvalue weighted by Gasteiger charge is 2.26. The van der Waals surface area contributed by atoms with Gasteiger partial charge in [0.2, 0.25) is 0 Å². The molecular weight excluding hydrogens is 438 g/mol. The molecule has 0 amide bonds. The van der Waals surface area contributed by atoms with Crippen LogP contribution < -0.4 is 4.74 Å². The van der Waals surface area contributed by atoms with Gasteiger partial charge in [0, 0.05) is 12.1 Å². The average molecular weight is 468 g/mol. The summed E-state index contributed by atoms with van der Waals surface area (Å²) in [4.78, 5) is 32.6. The van der Waals surface area contributed by atoms with Crippen LogP contribution in [0.5, 0.6) is 5.75 Å². The Labute approximate surface area is 198 Å². The number of aliphatic carboxylic acids is 2. The molecule has 0 aromatic heterocycles. The first-order valence-electron chi connectivity index (χ1n) is 11.3. The number of rotatable bonds is 4. The lowest BCUT2D eigenvalue weighted by molar-refractivity contribution is -0.159. The van der Waals surface area contributed by atoms with Crippen molar-refractivity contribution in [2.24, 2.45) is 5.92 Å². The SMILES string of the molecule is CCOC(=O)C1CCN(CC=C2c3ccccc3COc3ccccc32)CC1.O=C(O)C(=O)O. The zero-order valence-corrected chi connectivity index (χ0v) is 19.1. The van der Waals surface area contributed by atoms with Gasteiger partial charge in [0.1, 0.15) is 12.4 Å². The van der Waals surface area contributed by atoms with Gasteiger partial charge in [-0.2, -0.15) is 0 Å². The normalized spacial score (nSPS) is 16.7. The van der Waals surface area contributed by atoms with E-state index in [1.54, 1.807) is 0 Å². The van der Waals surface area contributed by atoms with Crippen molar-refractivity contribution < 1.29 is 34.1 Å². The first kappa shape index (κ1) is 25.0. The Hall–Kier alpha value is -3.65. The van der Waals surface area contributed by atoms with Crippen LogP contribution in [0.4, 0.5) is 0 Å². The van der Waals surface area contributed by atoms with Gasteiger partial charge in [0.05, 0.1) is 12.5 Å². The summed E-state index contributed by atoms with van der Waals surface area (Å²) >= 11 is 0. The number of piperidine rings is 1. The number of carboxylic acid groups (broad SMARTS) is 2. The Kier molecular flexibility index (Phi) is 8.81. The van der Waals surface area contributed by atoms with Gasteiger partial charge in [0.15, 0.2) is 0 Å². The number of likely N-dealkylation sites (tertiary alicyclic amines) is 1. The lowest BCUT2D eigenvalue weighted by Crippen LogP contribution is -2.37. The van der Waals surface area contributed by atoms with Crippen molar-refractivity contribution in [3.8, 4) is 5.75 Å². The first-order valence-corrected chi connectivity index (χ1v) is 11.3. The Bertz CT molecular complexity index is 993. The fourth-order valence-electron chi connectivity index (χ4n) is 4.08. The third kappa shape index (κ3) is 6.45. The molecule has 2 heterocycles. The molecule has 2 N–H and O–H groups in total. The predicted molar refractivity (Wildman–Crippen MR) is 125 cm³/mol. The molecule has 0 bridgehead atoms. The molecule has 0 radical (unpaired) electrons. The van der Waals surface area contributed by atoms with Gasteiger partial charge in [0.25, 0.3) is 0 Å². The van der Waals surface area contributed by atoms with E-state index >= 15 is 0 Å². The van der Waals surface area contributed by atoms with Gasteiger partial charge in [-0.15, -0.1) is 0 Å². The molecule has 2 aromatic rings. The summed E-state index contributed by atoms with van der Waals surface area (Å²) in [7, 11) is 0. The number of para-hydroxylation sites is 1. The molecule has 0 atom stereocenters. The summed E-state index contributed by atoms with van der Waals surface area (Å²) in [5, 5.41) is 14.8. The number of ether oxygens (including phenoxy) is 2. The molecule has 180 valence electrons. The Morgan fingerprint density at radius 3 is 2.26 bits per heavy atom. The molecule has 1 fully saturated rings. The monoisotopic (exact) mass is 467 g/mol. The van der Waals surface area contributed by atoms with E-state index in [1.165, 1.54) is 16.7 Å². The second-order valence-corrected chi connectivity index (χ2v) is 8.00. The number of nitrogens with zero attached hydrogens (tertiary/aromatic N) is 1. The quantitative estimate of drug-likeness (QED) is 0.519. The van der Waals surface area contributed by atoms with Crippen LogP contribution in [0.1, 0.15) is 36.5 Å². The van der Waals surface area contributed by atoms with E-state index in [9.17, 15) is 4.79 Å². The lowest BCUT2D eigenvalue weighted by Gasteiger charge is -2.30. The van der Waals surface area contributed by atoms with Gasteiger partial charge in [-0.3, -0.25) is 9.69 Å². The fourth-order valence-corrected chi connectivity index (χ4v) is 4.08. The highest BCUT2D eigenvalue weighted by atomic mass is 16.5. The van der Waals surface area contributed by atoms with Crippen LogP contribution >= 0.6 is 0 Å². The van der Waals surface area contributed by atoms with Crippen molar-refractivity contribution in [3.05, 3.63) is 71.3 Å². The van der Waals surface area contributed by atoms with Gasteiger partial charge in [-0.25, -0.2) is 9.59 Å². The molecule has 0 aliphatic carbocycles. The molecule has 2 aromatic carbocycles. The van der Waals surface area contributed by atoms with Crippen molar-refractivity contribution in [3.63, 3.8) is 0 Å². The number of carboxylic acids is 2. The summed E-state index contributed by atoms with van der Waals surface area (Å²) in [6, 6.07) is 16.7. The molecule has 0 spiro atoms. The standard InChI is InChI=1S/C24H27NO3.C2H2O4/c1-2-27-24(26)18-11-14-25(15-12-18)16-13-21-20-8-4-3-7-19(20)17-28-23-10-6-5-9-22(21)23;3-1(4)2(5)6/h3-10,13,18H,2,11-12,14-17H2,1H3;(H,3,4)(H,5,6). The molecule has 4 rings (SSSR count). The third-order valence-corrected chi connectivity index (χ3v) is 5.81. The minimum absolute atomic E-state index is 0.0377. The van der Waals surface area contributed by atoms with E-state index in [0.717, 1.165) is 43.8 Å². The Balaban J connectivity index is 0.000000481. The van der Waals surface area contributed by atoms with Crippen molar-refractivity contribution >= 4 is 23.5 Å². The topological polar surface area (TPSA) is 113 Å². The molecule has 1 saturated heterocycles. The van der Waals surface area contributed by atoms with E-state index in [-0.39, 0.29) is 11.9 Å². The number of carbonyl (C=O) groups is 3. The van der Waals surface area contributed by atoms with Gasteiger partial charge in [-0.05, 0) is 55.6 Å². The predicted octanol–water partition coefficient (Wildman–Crippen LogP) is 3.44. The van der Waals surface area contributed by atoms with Crippen LogP contribution in [-0.4, -0.2) is 59.3 Å². The molecule has 34 heavy (non-hydrogen) atoms. The van der Waals surface area contributed by atoms with E-state index in [4.69, 9.17) is 29.3 Å². The minimum Gasteiger partial charge on any atom is -0.488 e. The second kappa shape index (κ2) is 12.0. The van der Waals surface area contributed by atoms with Crippen molar-refractivity contribution in [1.82, 2.24) is 4.90 Å². The highest BCUT2D eigenvalue weighted by Crippen LogP contribution is 2.36. The first-order chi connectivity index (χ1) is 16.4. The summed E-state index contributed by atoms with van der Waals surface area (Å²) in [5.41, 5.74) is 4.84. The molecule has 2 aliphatic heterocycles. The number of hydrogen-bond donors (Lipinski definition) is 2. The summed E-state index contributed by atoms with van der Waals surface area (Å²) in [6.45, 7) is 5.64. The largest absolute Gasteiger partial charge is 0.488 e. The van der Waals surface area contributed by atoms with Gasteiger partial charge >= 0.3 is 17.9 Å². The summed E-state index contributed by atoms with van der Waals surface area (Å²) < 4.78 is 11.2. The number of esters is 1. The van der Waals surface area contributed by atoms with Crippen LogP contribution in [-0.2, 0) is 25.7 Å². The fraction of sp³-hybridized carbons (Fsp3) is 0.346. The van der Waals surface area contributed by atoms with E-state index in [0.29, 0.717) is 13.2 Å². The Morgan fingerprint density at radius 2 is 1.62 bits per heavy atom. The summed E-state index contributed by atoms with van der Waals surface area (Å²) in [6.07, 6.45) is 4.06. The van der Waals surface area contributed by atoms with E-state index in [2.05, 4.69) is 47.4 Å². The Morgan fingerprint density at radius 1 is 1.00 bits per heavy atom. The number of carbonyl (C=O) groups excluding carboxylic acids is 1. The van der Waals surface area contributed by atoms with E-state index < -0.39 is 11.9 Å². The molecule has 8 heteroatoms. The van der Waals surface area contributed by atoms with Crippen LogP contribution in [0.2, 0.25) is 0 Å². The number of fused-ring (bicyclic) bond motifs is 2. The van der Waals surface area contributed by atoms with Crippen LogP contribution in [0.3, 0.4) is 0 Å². The molecule has 2 aliphatic rings. The van der Waals surface area contributed by atoms with Crippen molar-refractivity contribution in [2.45, 2.75) is 26.4 Å². The second-order valence-electron chi connectivity index (χ2n) is 8.00. The molecular formula is C26H29NO7. The maximum Gasteiger partial charge on any atom is 0.414 e. The molecule has 0 unspecified atom stereocenters. The lowest BCUT2D eigenvalue weighted by atomic mass is 9.93. The third-order valence-electron chi connectivity index (χ3n) is 5.81. The maximum atomic E-state index is 12.0. The summed E-state index contributed by atoms with van der Waals surface area (Å²) in [5.74, 6) is -2.70. The van der Waals surface area contributed by atoms with Crippen LogP contribution in [0.15, 0.2) is 54.6 Å². The van der Waals surface area contributed by atoms with Crippen molar-refractivity contribution in [2.75, 3.05) is 26.2 Å². The zero-order valence-electron chi connectivity index (χ0n) is 19.1. The molecule has 0 saturated carbocycles. The van der Waals surface area contributed by atoms with Crippen LogP contribution in [0.25, 0.3) is 5.57 Å². The zero-order chi connectivity index (χ0) is 24.5. The highest BCUT2D eigenvalue weighted by molar-refractivity contribution is 6.27. The van der Waals surface area contributed by atoms with Gasteiger partial charge < -0.3 is 19.7 Å². The number of benzene rings is 2. The van der Waals surface area contributed by atoms with Crippen molar-refractivity contribution in [1.29, 1.82) is 0 Å². The minimum atomic E-state index is -1.82.